The second kappa shape index (κ2) is 8.21. The van der Waals surface area contributed by atoms with Gasteiger partial charge in [-0.25, -0.2) is 9.97 Å². The molecule has 1 aliphatic rings. The number of carbonyl (C=O) groups is 1. The van der Waals surface area contributed by atoms with Gasteiger partial charge in [-0.2, -0.15) is 0 Å². The summed E-state index contributed by atoms with van der Waals surface area (Å²) in [5, 5.41) is 10.3. The highest BCUT2D eigenvalue weighted by atomic mass is 35.5. The highest BCUT2D eigenvalue weighted by molar-refractivity contribution is 6.30. The molecule has 1 aliphatic heterocycles. The topological polar surface area (TPSA) is 66.3 Å². The molecule has 0 unspecified atom stereocenters. The molecule has 0 bridgehead atoms. The van der Waals surface area contributed by atoms with E-state index in [-0.39, 0.29) is 11.7 Å². The number of nitrogens with zero attached hydrogens (tertiary/aromatic N) is 3. The number of aromatic nitrogens is 2. The Labute approximate surface area is 175 Å². The van der Waals surface area contributed by atoms with E-state index in [0.717, 1.165) is 40.3 Å². The zero-order valence-electron chi connectivity index (χ0n) is 16.2. The van der Waals surface area contributed by atoms with Crippen LogP contribution in [0.4, 0.5) is 0 Å². The minimum absolute atomic E-state index is 0.0640. The first-order valence-corrected chi connectivity index (χ1v) is 10.1. The van der Waals surface area contributed by atoms with Crippen molar-refractivity contribution in [3.8, 4) is 17.0 Å². The van der Waals surface area contributed by atoms with Gasteiger partial charge in [0.05, 0.1) is 17.8 Å². The summed E-state index contributed by atoms with van der Waals surface area (Å²) in [6.07, 6.45) is 1.77. The summed E-state index contributed by atoms with van der Waals surface area (Å²) >= 11 is 6.05. The van der Waals surface area contributed by atoms with Crippen LogP contribution in [-0.2, 0) is 30.6 Å². The van der Waals surface area contributed by atoms with Gasteiger partial charge in [0.2, 0.25) is 5.91 Å². The van der Waals surface area contributed by atoms with Crippen LogP contribution in [-0.4, -0.2) is 32.4 Å². The lowest BCUT2D eigenvalue weighted by Gasteiger charge is -2.30. The van der Waals surface area contributed by atoms with Gasteiger partial charge in [-0.05, 0) is 42.0 Å². The zero-order chi connectivity index (χ0) is 20.4. The third-order valence-corrected chi connectivity index (χ3v) is 5.40. The van der Waals surface area contributed by atoms with Crippen molar-refractivity contribution >= 4 is 17.5 Å². The number of rotatable bonds is 4. The Kier molecular flexibility index (Phi) is 5.49. The summed E-state index contributed by atoms with van der Waals surface area (Å²) in [6.45, 7) is 3.16. The Morgan fingerprint density at radius 1 is 1.17 bits per heavy atom. The summed E-state index contributed by atoms with van der Waals surface area (Å²) in [7, 11) is 0. The standard InChI is InChI=1S/C23H22ClN3O2/c1-2-21-25-20-10-11-27(22(29)13-15-4-3-5-17(24)12-15)14-19(20)23(26-21)16-6-8-18(28)9-7-16/h3-9,12,28H,2,10-11,13-14H2,1H3. The van der Waals surface area contributed by atoms with E-state index in [1.165, 1.54) is 0 Å². The molecule has 2 heterocycles. The highest BCUT2D eigenvalue weighted by Gasteiger charge is 2.26. The van der Waals surface area contributed by atoms with Crippen LogP contribution in [0.1, 0.15) is 29.6 Å². The minimum atomic E-state index is 0.0640. The van der Waals surface area contributed by atoms with Gasteiger partial charge in [-0.3, -0.25) is 4.79 Å². The molecule has 2 aromatic carbocycles. The van der Waals surface area contributed by atoms with Crippen molar-refractivity contribution in [1.82, 2.24) is 14.9 Å². The van der Waals surface area contributed by atoms with E-state index >= 15 is 0 Å². The van der Waals surface area contributed by atoms with E-state index in [1.54, 1.807) is 18.2 Å². The molecule has 5 nitrogen and oxygen atoms in total. The van der Waals surface area contributed by atoms with E-state index in [4.69, 9.17) is 21.6 Å². The van der Waals surface area contributed by atoms with Crippen LogP contribution in [0.15, 0.2) is 48.5 Å². The molecular weight excluding hydrogens is 386 g/mol. The zero-order valence-corrected chi connectivity index (χ0v) is 17.0. The van der Waals surface area contributed by atoms with Gasteiger partial charge < -0.3 is 10.0 Å². The Morgan fingerprint density at radius 3 is 2.69 bits per heavy atom. The van der Waals surface area contributed by atoms with Crippen molar-refractivity contribution in [3.05, 3.63) is 76.2 Å². The Morgan fingerprint density at radius 2 is 1.97 bits per heavy atom. The number of phenols is 1. The van der Waals surface area contributed by atoms with Crippen molar-refractivity contribution in [2.75, 3.05) is 6.54 Å². The third-order valence-electron chi connectivity index (χ3n) is 5.16. The third kappa shape index (κ3) is 4.25. The second-order valence-electron chi connectivity index (χ2n) is 7.19. The molecule has 0 aliphatic carbocycles. The van der Waals surface area contributed by atoms with Gasteiger partial charge in [0.15, 0.2) is 0 Å². The highest BCUT2D eigenvalue weighted by Crippen LogP contribution is 2.30. The maximum absolute atomic E-state index is 12.9. The lowest BCUT2D eigenvalue weighted by Crippen LogP contribution is -2.38. The number of hydrogen-bond acceptors (Lipinski definition) is 4. The molecule has 0 atom stereocenters. The first-order valence-electron chi connectivity index (χ1n) is 9.73. The molecule has 4 rings (SSSR count). The summed E-state index contributed by atoms with van der Waals surface area (Å²) in [4.78, 5) is 24.2. The van der Waals surface area contributed by atoms with Crippen molar-refractivity contribution < 1.29 is 9.90 Å². The van der Waals surface area contributed by atoms with Gasteiger partial charge in [-0.1, -0.05) is 30.7 Å². The number of halogens is 1. The Bertz CT molecular complexity index is 1050. The number of carbonyl (C=O) groups excluding carboxylic acids is 1. The summed E-state index contributed by atoms with van der Waals surface area (Å²) in [5.41, 5.74) is 4.65. The average molecular weight is 408 g/mol. The van der Waals surface area contributed by atoms with Crippen molar-refractivity contribution in [2.45, 2.75) is 32.7 Å². The average Bonchev–Trinajstić information content (AvgIpc) is 2.73. The number of phenolic OH excluding ortho intramolecular Hbond substituents is 1. The number of benzene rings is 2. The molecule has 1 amide bonds. The lowest BCUT2D eigenvalue weighted by molar-refractivity contribution is -0.131. The van der Waals surface area contributed by atoms with Crippen LogP contribution in [0.2, 0.25) is 5.02 Å². The molecule has 148 valence electrons. The van der Waals surface area contributed by atoms with E-state index in [1.807, 2.05) is 42.2 Å². The molecule has 29 heavy (non-hydrogen) atoms. The summed E-state index contributed by atoms with van der Waals surface area (Å²) in [6, 6.07) is 14.4. The van der Waals surface area contributed by atoms with E-state index in [2.05, 4.69) is 0 Å². The maximum atomic E-state index is 12.9. The van der Waals surface area contributed by atoms with E-state index in [0.29, 0.717) is 31.0 Å². The molecule has 0 fully saturated rings. The van der Waals surface area contributed by atoms with Gasteiger partial charge >= 0.3 is 0 Å². The van der Waals surface area contributed by atoms with Crippen LogP contribution in [0.25, 0.3) is 11.3 Å². The quantitative estimate of drug-likeness (QED) is 0.704. The Hall–Kier alpha value is -2.92. The van der Waals surface area contributed by atoms with Gasteiger partial charge in [0.1, 0.15) is 11.6 Å². The first kappa shape index (κ1) is 19.4. The fourth-order valence-electron chi connectivity index (χ4n) is 3.63. The number of aromatic hydroxyl groups is 1. The maximum Gasteiger partial charge on any atom is 0.227 e. The molecule has 0 spiro atoms. The largest absolute Gasteiger partial charge is 0.508 e. The molecular formula is C23H22ClN3O2. The van der Waals surface area contributed by atoms with Crippen LogP contribution in [0, 0.1) is 0 Å². The fraction of sp³-hybridized carbons (Fsp3) is 0.261. The molecule has 0 saturated heterocycles. The molecule has 1 N–H and O–H groups in total. The minimum Gasteiger partial charge on any atom is -0.508 e. The summed E-state index contributed by atoms with van der Waals surface area (Å²) < 4.78 is 0. The smallest absolute Gasteiger partial charge is 0.227 e. The normalized spacial score (nSPS) is 13.2. The SMILES string of the molecule is CCc1nc2c(c(-c3ccc(O)cc3)n1)CN(C(=O)Cc1cccc(Cl)c1)CC2. The number of amides is 1. The molecule has 0 radical (unpaired) electrons. The predicted octanol–water partition coefficient (Wildman–Crippen LogP) is 4.19. The fourth-order valence-corrected chi connectivity index (χ4v) is 3.84. The number of fused-ring (bicyclic) bond motifs is 1. The summed E-state index contributed by atoms with van der Waals surface area (Å²) in [5.74, 6) is 1.07. The van der Waals surface area contributed by atoms with Crippen LogP contribution < -0.4 is 0 Å². The van der Waals surface area contributed by atoms with Gasteiger partial charge in [0.25, 0.3) is 0 Å². The molecule has 6 heteroatoms. The molecule has 0 saturated carbocycles. The Balaban J connectivity index is 1.64. The number of hydrogen-bond donors (Lipinski definition) is 1. The van der Waals surface area contributed by atoms with Gasteiger partial charge in [0, 0.05) is 42.1 Å². The van der Waals surface area contributed by atoms with Crippen molar-refractivity contribution in [2.24, 2.45) is 0 Å². The first-order chi connectivity index (χ1) is 14.0. The lowest BCUT2D eigenvalue weighted by atomic mass is 9.98. The predicted molar refractivity (Wildman–Crippen MR) is 113 cm³/mol. The van der Waals surface area contributed by atoms with Crippen molar-refractivity contribution in [1.29, 1.82) is 0 Å². The van der Waals surface area contributed by atoms with E-state index < -0.39 is 0 Å². The van der Waals surface area contributed by atoms with Gasteiger partial charge in [-0.15, -0.1) is 0 Å². The van der Waals surface area contributed by atoms with Crippen molar-refractivity contribution in [3.63, 3.8) is 0 Å². The molecule has 3 aromatic rings. The van der Waals surface area contributed by atoms with Crippen LogP contribution in [0.3, 0.4) is 0 Å². The van der Waals surface area contributed by atoms with E-state index in [9.17, 15) is 9.90 Å². The molecule has 1 aromatic heterocycles. The second-order valence-corrected chi connectivity index (χ2v) is 7.62. The van der Waals surface area contributed by atoms with Crippen LogP contribution in [0.5, 0.6) is 5.75 Å². The number of aryl methyl sites for hydroxylation is 1. The van der Waals surface area contributed by atoms with Crippen LogP contribution >= 0.6 is 11.6 Å². The monoisotopic (exact) mass is 407 g/mol.